The first-order valence-electron chi connectivity index (χ1n) is 5.90. The highest BCUT2D eigenvalue weighted by Gasteiger charge is 2.19. The fraction of sp³-hybridized carbons (Fsp3) is 0.750. The Bertz CT molecular complexity index is 333. The van der Waals surface area contributed by atoms with Crippen LogP contribution in [0.15, 0.2) is 0 Å². The van der Waals surface area contributed by atoms with Gasteiger partial charge in [-0.1, -0.05) is 6.42 Å². The highest BCUT2D eigenvalue weighted by atomic mass is 15.2. The Morgan fingerprint density at radius 1 is 1.13 bits per heavy atom. The fourth-order valence-corrected chi connectivity index (χ4v) is 2.12. The van der Waals surface area contributed by atoms with Gasteiger partial charge in [0.2, 0.25) is 0 Å². The Morgan fingerprint density at radius 3 is 2.60 bits per heavy atom. The van der Waals surface area contributed by atoms with Gasteiger partial charge < -0.3 is 5.32 Å². The van der Waals surface area contributed by atoms with Gasteiger partial charge in [0.15, 0.2) is 5.82 Å². The number of aromatic nitrogens is 2. The van der Waals surface area contributed by atoms with E-state index in [1.165, 1.54) is 36.9 Å². The van der Waals surface area contributed by atoms with Gasteiger partial charge in [-0.15, -0.1) is 0 Å². The van der Waals surface area contributed by atoms with E-state index in [0.717, 1.165) is 12.2 Å². The number of nitrogens with zero attached hydrogens (tertiary/aromatic N) is 1. The average molecular weight is 207 g/mol. The molecule has 1 aliphatic carbocycles. The number of anilines is 1. The zero-order valence-electron chi connectivity index (χ0n) is 9.98. The van der Waals surface area contributed by atoms with Crippen molar-refractivity contribution in [2.75, 3.05) is 5.32 Å². The summed E-state index contributed by atoms with van der Waals surface area (Å²) in [6.07, 6.45) is 6.27. The molecular weight excluding hydrogens is 186 g/mol. The van der Waals surface area contributed by atoms with E-state index in [1.807, 2.05) is 0 Å². The molecule has 0 bridgehead atoms. The molecule has 0 spiro atoms. The molecule has 0 atom stereocenters. The van der Waals surface area contributed by atoms with Crippen LogP contribution in [0.4, 0.5) is 5.82 Å². The van der Waals surface area contributed by atoms with Crippen molar-refractivity contribution in [3.8, 4) is 0 Å². The highest BCUT2D eigenvalue weighted by Crippen LogP contribution is 2.26. The SMILES string of the molecule is CC(C)(C)Nc1n[nH]c2c1CCCCC2. The Labute approximate surface area is 91.7 Å². The van der Waals surface area contributed by atoms with Gasteiger partial charge in [-0.3, -0.25) is 5.10 Å². The number of fused-ring (bicyclic) bond motifs is 1. The largest absolute Gasteiger partial charge is 0.364 e. The summed E-state index contributed by atoms with van der Waals surface area (Å²) in [5.41, 5.74) is 2.86. The maximum atomic E-state index is 4.39. The lowest BCUT2D eigenvalue weighted by atomic mass is 10.1. The Kier molecular flexibility index (Phi) is 2.72. The number of H-pyrrole nitrogens is 1. The lowest BCUT2D eigenvalue weighted by Gasteiger charge is -2.21. The van der Waals surface area contributed by atoms with Gasteiger partial charge in [0, 0.05) is 16.8 Å². The molecule has 2 rings (SSSR count). The molecule has 3 heteroatoms. The number of hydrogen-bond donors (Lipinski definition) is 2. The molecule has 1 aromatic rings. The Morgan fingerprint density at radius 2 is 1.87 bits per heavy atom. The molecule has 0 radical (unpaired) electrons. The van der Waals surface area contributed by atoms with Crippen molar-refractivity contribution in [1.29, 1.82) is 0 Å². The second-order valence-electron chi connectivity index (χ2n) is 5.46. The number of aryl methyl sites for hydroxylation is 1. The van der Waals surface area contributed by atoms with Crippen molar-refractivity contribution in [3.63, 3.8) is 0 Å². The zero-order valence-corrected chi connectivity index (χ0v) is 9.98. The first-order chi connectivity index (χ1) is 7.06. The van der Waals surface area contributed by atoms with Crippen molar-refractivity contribution < 1.29 is 0 Å². The van der Waals surface area contributed by atoms with E-state index in [9.17, 15) is 0 Å². The second-order valence-corrected chi connectivity index (χ2v) is 5.46. The van der Waals surface area contributed by atoms with Crippen molar-refractivity contribution in [1.82, 2.24) is 10.2 Å². The first kappa shape index (κ1) is 10.5. The molecule has 1 aromatic heterocycles. The standard InChI is InChI=1S/C12H21N3/c1-12(2,3)13-11-9-7-5-4-6-8-10(9)14-15-11/h4-8H2,1-3H3,(H2,13,14,15). The monoisotopic (exact) mass is 207 g/mol. The van der Waals surface area contributed by atoms with Crippen molar-refractivity contribution in [2.45, 2.75) is 58.4 Å². The van der Waals surface area contributed by atoms with Crippen LogP contribution in [0.1, 0.15) is 51.3 Å². The summed E-state index contributed by atoms with van der Waals surface area (Å²) >= 11 is 0. The number of nitrogens with one attached hydrogen (secondary N) is 2. The van der Waals surface area contributed by atoms with Crippen LogP contribution in [0.25, 0.3) is 0 Å². The van der Waals surface area contributed by atoms with Crippen molar-refractivity contribution >= 4 is 5.82 Å². The lowest BCUT2D eigenvalue weighted by molar-refractivity contribution is 0.627. The maximum absolute atomic E-state index is 4.39. The summed E-state index contributed by atoms with van der Waals surface area (Å²) in [6, 6.07) is 0. The van der Waals surface area contributed by atoms with E-state index in [2.05, 4.69) is 36.3 Å². The van der Waals surface area contributed by atoms with Gasteiger partial charge in [-0.2, -0.15) is 5.10 Å². The first-order valence-corrected chi connectivity index (χ1v) is 5.90. The smallest absolute Gasteiger partial charge is 0.151 e. The molecular formula is C12H21N3. The molecule has 1 aliphatic rings. The third kappa shape index (κ3) is 2.52. The fourth-order valence-electron chi connectivity index (χ4n) is 2.12. The predicted octanol–water partition coefficient (Wildman–Crippen LogP) is 2.89. The summed E-state index contributed by atoms with van der Waals surface area (Å²) in [5, 5.41) is 11.0. The second kappa shape index (κ2) is 3.87. The molecule has 0 aliphatic heterocycles. The van der Waals surface area contributed by atoms with Gasteiger partial charge in [0.25, 0.3) is 0 Å². The molecule has 1 heterocycles. The molecule has 0 saturated heterocycles. The topological polar surface area (TPSA) is 40.7 Å². The molecule has 0 fully saturated rings. The quantitative estimate of drug-likeness (QED) is 0.695. The molecule has 84 valence electrons. The number of hydrogen-bond acceptors (Lipinski definition) is 2. The van der Waals surface area contributed by atoms with Crippen LogP contribution in [0.5, 0.6) is 0 Å². The van der Waals surface area contributed by atoms with Crippen LogP contribution in [-0.2, 0) is 12.8 Å². The third-order valence-electron chi connectivity index (χ3n) is 2.80. The van der Waals surface area contributed by atoms with E-state index in [1.54, 1.807) is 0 Å². The van der Waals surface area contributed by atoms with Crippen molar-refractivity contribution in [3.05, 3.63) is 11.3 Å². The molecule has 0 aromatic carbocycles. The van der Waals surface area contributed by atoms with Crippen LogP contribution >= 0.6 is 0 Å². The van der Waals surface area contributed by atoms with E-state index in [0.29, 0.717) is 0 Å². The molecule has 0 unspecified atom stereocenters. The molecule has 0 amide bonds. The third-order valence-corrected chi connectivity index (χ3v) is 2.80. The average Bonchev–Trinajstić information content (AvgIpc) is 2.35. The van der Waals surface area contributed by atoms with E-state index in [4.69, 9.17) is 0 Å². The van der Waals surface area contributed by atoms with Crippen LogP contribution in [0, 0.1) is 0 Å². The van der Waals surface area contributed by atoms with Crippen LogP contribution < -0.4 is 5.32 Å². The Hall–Kier alpha value is -0.990. The number of aromatic amines is 1. The minimum atomic E-state index is 0.0925. The molecule has 0 saturated carbocycles. The Balaban J connectivity index is 2.22. The molecule has 3 nitrogen and oxygen atoms in total. The maximum Gasteiger partial charge on any atom is 0.151 e. The lowest BCUT2D eigenvalue weighted by Crippen LogP contribution is -2.26. The number of rotatable bonds is 1. The molecule has 15 heavy (non-hydrogen) atoms. The van der Waals surface area contributed by atoms with E-state index < -0.39 is 0 Å². The highest BCUT2D eigenvalue weighted by molar-refractivity contribution is 5.48. The van der Waals surface area contributed by atoms with E-state index in [-0.39, 0.29) is 5.54 Å². The van der Waals surface area contributed by atoms with Crippen LogP contribution in [-0.4, -0.2) is 15.7 Å². The summed E-state index contributed by atoms with van der Waals surface area (Å²) in [6.45, 7) is 6.51. The van der Waals surface area contributed by atoms with Crippen LogP contribution in [0.3, 0.4) is 0 Å². The summed E-state index contributed by atoms with van der Waals surface area (Å²) < 4.78 is 0. The van der Waals surface area contributed by atoms with E-state index >= 15 is 0 Å². The zero-order chi connectivity index (χ0) is 10.9. The van der Waals surface area contributed by atoms with Gasteiger partial charge in [0.05, 0.1) is 0 Å². The predicted molar refractivity (Wildman–Crippen MR) is 63.2 cm³/mol. The van der Waals surface area contributed by atoms with Gasteiger partial charge in [0.1, 0.15) is 0 Å². The normalized spacial score (nSPS) is 17.0. The molecule has 2 N–H and O–H groups in total. The minimum Gasteiger partial charge on any atom is -0.364 e. The minimum absolute atomic E-state index is 0.0925. The van der Waals surface area contributed by atoms with Gasteiger partial charge >= 0.3 is 0 Å². The summed E-state index contributed by atoms with van der Waals surface area (Å²) in [5.74, 6) is 1.07. The van der Waals surface area contributed by atoms with Crippen molar-refractivity contribution in [2.24, 2.45) is 0 Å². The van der Waals surface area contributed by atoms with Gasteiger partial charge in [-0.05, 0) is 46.5 Å². The summed E-state index contributed by atoms with van der Waals surface area (Å²) in [7, 11) is 0. The van der Waals surface area contributed by atoms with Crippen LogP contribution in [0.2, 0.25) is 0 Å². The van der Waals surface area contributed by atoms with Gasteiger partial charge in [-0.25, -0.2) is 0 Å². The summed E-state index contributed by atoms with van der Waals surface area (Å²) in [4.78, 5) is 0.